The van der Waals surface area contributed by atoms with Gasteiger partial charge in [0, 0.05) is 32.3 Å². The van der Waals surface area contributed by atoms with Gasteiger partial charge in [0.1, 0.15) is 0 Å². The van der Waals surface area contributed by atoms with Gasteiger partial charge in [-0.3, -0.25) is 14.2 Å². The van der Waals surface area contributed by atoms with E-state index in [-0.39, 0.29) is 16.7 Å². The second kappa shape index (κ2) is 10.4. The molecule has 0 aliphatic carbocycles. The summed E-state index contributed by atoms with van der Waals surface area (Å²) in [7, 11) is 0. The standard InChI is InChI=1S/C33H24N2O4S/c1-20(32(37)35-28-14-4-2-10-24(28)25-11-3-5-15-29(25)35)40-23-18-16-22(17-19-23)34-31(36)26-12-6-8-21-9-7-13-27(30(21)26)33(38)39/h2-20H,1H3,(H,34,36)(H,38,39). The van der Waals surface area contributed by atoms with E-state index in [2.05, 4.69) is 5.32 Å². The summed E-state index contributed by atoms with van der Waals surface area (Å²) in [6, 6.07) is 33.2. The van der Waals surface area contributed by atoms with Gasteiger partial charge in [-0.05, 0) is 60.8 Å². The molecular formula is C33H24N2O4S. The van der Waals surface area contributed by atoms with E-state index < -0.39 is 11.9 Å². The van der Waals surface area contributed by atoms with Crippen LogP contribution in [0.5, 0.6) is 0 Å². The van der Waals surface area contributed by atoms with Crippen LogP contribution in [0, 0.1) is 0 Å². The highest BCUT2D eigenvalue weighted by atomic mass is 32.2. The molecule has 40 heavy (non-hydrogen) atoms. The summed E-state index contributed by atoms with van der Waals surface area (Å²) in [6.07, 6.45) is 0. The molecule has 2 N–H and O–H groups in total. The first-order valence-corrected chi connectivity index (χ1v) is 13.7. The van der Waals surface area contributed by atoms with Crippen LogP contribution in [-0.4, -0.2) is 32.7 Å². The monoisotopic (exact) mass is 544 g/mol. The van der Waals surface area contributed by atoms with E-state index in [1.165, 1.54) is 17.8 Å². The molecule has 1 amide bonds. The van der Waals surface area contributed by atoms with Crippen LogP contribution in [-0.2, 0) is 0 Å². The third-order valence-electron chi connectivity index (χ3n) is 6.95. The number of para-hydroxylation sites is 2. The van der Waals surface area contributed by atoms with E-state index in [0.29, 0.717) is 22.0 Å². The quantitative estimate of drug-likeness (QED) is 0.210. The van der Waals surface area contributed by atoms with E-state index in [1.54, 1.807) is 47.0 Å². The summed E-state index contributed by atoms with van der Waals surface area (Å²) >= 11 is 1.45. The molecule has 1 aromatic heterocycles. The number of hydrogen-bond donors (Lipinski definition) is 2. The molecule has 196 valence electrons. The molecule has 0 spiro atoms. The third kappa shape index (κ3) is 4.50. The summed E-state index contributed by atoms with van der Waals surface area (Å²) in [6.45, 7) is 1.90. The van der Waals surface area contributed by atoms with Gasteiger partial charge >= 0.3 is 5.97 Å². The summed E-state index contributed by atoms with van der Waals surface area (Å²) in [5.41, 5.74) is 2.72. The lowest BCUT2D eigenvalue weighted by molar-refractivity contribution is 0.0698. The zero-order chi connectivity index (χ0) is 27.8. The van der Waals surface area contributed by atoms with E-state index in [9.17, 15) is 19.5 Å². The lowest BCUT2D eigenvalue weighted by atomic mass is 9.98. The van der Waals surface area contributed by atoms with E-state index in [1.807, 2.05) is 67.6 Å². The first kappa shape index (κ1) is 25.4. The number of nitrogens with one attached hydrogen (secondary N) is 1. The number of carbonyl (C=O) groups is 3. The minimum Gasteiger partial charge on any atom is -0.478 e. The number of carboxylic acid groups (broad SMARTS) is 1. The molecule has 0 bridgehead atoms. The van der Waals surface area contributed by atoms with Crippen molar-refractivity contribution < 1.29 is 19.5 Å². The van der Waals surface area contributed by atoms with Crippen LogP contribution in [0.4, 0.5) is 5.69 Å². The van der Waals surface area contributed by atoms with Gasteiger partial charge in [-0.25, -0.2) is 4.79 Å². The first-order valence-electron chi connectivity index (χ1n) is 12.8. The third-order valence-corrected chi connectivity index (χ3v) is 8.05. The Morgan fingerprint density at radius 3 is 1.90 bits per heavy atom. The molecule has 0 aliphatic rings. The number of carboxylic acids is 1. The van der Waals surface area contributed by atoms with Gasteiger partial charge in [0.2, 0.25) is 5.91 Å². The fourth-order valence-corrected chi connectivity index (χ4v) is 6.03. The molecule has 0 saturated carbocycles. The van der Waals surface area contributed by atoms with Crippen molar-refractivity contribution in [1.82, 2.24) is 4.57 Å². The predicted molar refractivity (Wildman–Crippen MR) is 161 cm³/mol. The van der Waals surface area contributed by atoms with Crippen LogP contribution in [0.2, 0.25) is 0 Å². The maximum Gasteiger partial charge on any atom is 0.336 e. The molecule has 0 radical (unpaired) electrons. The number of benzene rings is 5. The summed E-state index contributed by atoms with van der Waals surface area (Å²) < 4.78 is 1.80. The Bertz CT molecular complexity index is 1880. The van der Waals surface area contributed by atoms with Gasteiger partial charge in [0.15, 0.2) is 0 Å². The molecule has 6 aromatic rings. The van der Waals surface area contributed by atoms with Gasteiger partial charge in [0.05, 0.1) is 21.8 Å². The highest BCUT2D eigenvalue weighted by Gasteiger charge is 2.22. The molecule has 0 aliphatic heterocycles. The van der Waals surface area contributed by atoms with Crippen molar-refractivity contribution in [1.29, 1.82) is 0 Å². The number of aromatic nitrogens is 1. The van der Waals surface area contributed by atoms with Crippen molar-refractivity contribution in [3.05, 3.63) is 120 Å². The molecular weight excluding hydrogens is 520 g/mol. The molecule has 6 rings (SSSR count). The average Bonchev–Trinajstić information content (AvgIpc) is 3.31. The van der Waals surface area contributed by atoms with Crippen LogP contribution in [0.3, 0.4) is 0 Å². The molecule has 1 unspecified atom stereocenters. The highest BCUT2D eigenvalue weighted by molar-refractivity contribution is 8.00. The minimum atomic E-state index is -1.09. The van der Waals surface area contributed by atoms with Crippen LogP contribution in [0.25, 0.3) is 32.6 Å². The maximum absolute atomic E-state index is 13.6. The Kier molecular flexibility index (Phi) is 6.58. The second-order valence-corrected chi connectivity index (χ2v) is 10.9. The molecule has 1 heterocycles. The Morgan fingerprint density at radius 1 is 0.725 bits per heavy atom. The van der Waals surface area contributed by atoms with E-state index >= 15 is 0 Å². The topological polar surface area (TPSA) is 88.4 Å². The number of thioether (sulfide) groups is 1. The van der Waals surface area contributed by atoms with Crippen LogP contribution >= 0.6 is 11.8 Å². The fraction of sp³-hybridized carbons (Fsp3) is 0.0606. The number of anilines is 1. The van der Waals surface area contributed by atoms with E-state index in [0.717, 1.165) is 26.7 Å². The zero-order valence-corrected chi connectivity index (χ0v) is 22.3. The Labute approximate surface area is 234 Å². The average molecular weight is 545 g/mol. The van der Waals surface area contributed by atoms with Crippen molar-refractivity contribution in [3.8, 4) is 0 Å². The van der Waals surface area contributed by atoms with Crippen LogP contribution in [0.1, 0.15) is 32.4 Å². The summed E-state index contributed by atoms with van der Waals surface area (Å²) in [5.74, 6) is -1.49. The number of nitrogens with zero attached hydrogens (tertiary/aromatic N) is 1. The van der Waals surface area contributed by atoms with Crippen molar-refractivity contribution in [2.24, 2.45) is 0 Å². The number of aromatic carboxylic acids is 1. The molecule has 0 saturated heterocycles. The van der Waals surface area contributed by atoms with Crippen molar-refractivity contribution in [3.63, 3.8) is 0 Å². The lowest BCUT2D eigenvalue weighted by Gasteiger charge is -2.14. The number of hydrogen-bond acceptors (Lipinski definition) is 4. The smallest absolute Gasteiger partial charge is 0.336 e. The number of fused-ring (bicyclic) bond motifs is 4. The van der Waals surface area contributed by atoms with Gasteiger partial charge in [0.25, 0.3) is 5.91 Å². The molecule has 5 aromatic carbocycles. The van der Waals surface area contributed by atoms with E-state index in [4.69, 9.17) is 0 Å². The maximum atomic E-state index is 13.6. The van der Waals surface area contributed by atoms with Crippen LogP contribution in [0.15, 0.2) is 114 Å². The molecule has 6 nitrogen and oxygen atoms in total. The molecule has 1 atom stereocenters. The van der Waals surface area contributed by atoms with Crippen LogP contribution < -0.4 is 5.32 Å². The van der Waals surface area contributed by atoms with Crippen molar-refractivity contribution in [2.75, 3.05) is 5.32 Å². The normalized spacial score (nSPS) is 12.0. The Balaban J connectivity index is 1.21. The van der Waals surface area contributed by atoms with Crippen molar-refractivity contribution in [2.45, 2.75) is 17.1 Å². The summed E-state index contributed by atoms with van der Waals surface area (Å²) in [5, 5.41) is 15.3. The highest BCUT2D eigenvalue weighted by Crippen LogP contribution is 2.32. The van der Waals surface area contributed by atoms with Gasteiger partial charge in [-0.1, -0.05) is 60.7 Å². The second-order valence-electron chi connectivity index (χ2n) is 9.46. The fourth-order valence-electron chi connectivity index (χ4n) is 5.12. The van der Waals surface area contributed by atoms with Crippen molar-refractivity contribution >= 4 is 67.8 Å². The largest absolute Gasteiger partial charge is 0.478 e. The molecule has 7 heteroatoms. The zero-order valence-electron chi connectivity index (χ0n) is 21.5. The summed E-state index contributed by atoms with van der Waals surface area (Å²) in [4.78, 5) is 39.4. The first-order chi connectivity index (χ1) is 19.4. The van der Waals surface area contributed by atoms with Gasteiger partial charge in [-0.15, -0.1) is 11.8 Å². The number of rotatable bonds is 6. The Hall–Kier alpha value is -4.88. The van der Waals surface area contributed by atoms with Gasteiger partial charge < -0.3 is 10.4 Å². The predicted octanol–water partition coefficient (Wildman–Crippen LogP) is 7.72. The SMILES string of the molecule is CC(Sc1ccc(NC(=O)c2cccc3cccc(C(=O)O)c23)cc1)C(=O)n1c2ccccc2c2ccccc21. The molecule has 0 fully saturated rings. The minimum absolute atomic E-state index is 0.00929. The number of amides is 1. The Morgan fingerprint density at radius 2 is 1.30 bits per heavy atom. The number of carbonyl (C=O) groups excluding carboxylic acids is 2. The van der Waals surface area contributed by atoms with Gasteiger partial charge in [-0.2, -0.15) is 0 Å². The lowest BCUT2D eigenvalue weighted by Crippen LogP contribution is -2.21.